The molecule has 0 unspecified atom stereocenters. The van der Waals surface area contributed by atoms with Crippen LogP contribution in [0.4, 0.5) is 5.69 Å². The van der Waals surface area contributed by atoms with Gasteiger partial charge in [-0.15, -0.1) is 11.3 Å². The van der Waals surface area contributed by atoms with Gasteiger partial charge < -0.3 is 19.3 Å². The minimum absolute atomic E-state index is 0.0681. The van der Waals surface area contributed by atoms with Gasteiger partial charge in [0.2, 0.25) is 15.9 Å². The monoisotopic (exact) mass is 517 g/mol. The lowest BCUT2D eigenvalue weighted by Gasteiger charge is -2.30. The van der Waals surface area contributed by atoms with E-state index in [9.17, 15) is 13.2 Å². The normalized spacial score (nSPS) is 15.4. The first-order chi connectivity index (χ1) is 16.8. The number of hydrogen-bond acceptors (Lipinski definition) is 8. The minimum atomic E-state index is -3.83. The molecule has 1 aliphatic rings. The van der Waals surface area contributed by atoms with E-state index in [0.29, 0.717) is 35.7 Å². The largest absolute Gasteiger partial charge is 0.493 e. The van der Waals surface area contributed by atoms with Gasteiger partial charge in [0.1, 0.15) is 5.69 Å². The first-order valence-corrected chi connectivity index (χ1v) is 13.4. The van der Waals surface area contributed by atoms with Crippen LogP contribution in [0.25, 0.3) is 12.2 Å². The molecule has 0 aliphatic carbocycles. The number of hydrogen-bond donors (Lipinski definition) is 1. The van der Waals surface area contributed by atoms with Crippen molar-refractivity contribution < 1.29 is 27.2 Å². The van der Waals surface area contributed by atoms with Gasteiger partial charge in [-0.05, 0) is 55.5 Å². The number of carbonyl (C=O) groups excluding carboxylic acids is 1. The Hall–Kier alpha value is -3.15. The first kappa shape index (κ1) is 25.0. The summed E-state index contributed by atoms with van der Waals surface area (Å²) < 4.78 is 44.0. The Morgan fingerprint density at radius 1 is 1.17 bits per heavy atom. The van der Waals surface area contributed by atoms with Crippen LogP contribution in [0.5, 0.6) is 11.5 Å². The molecule has 1 aliphatic heterocycles. The smallest absolute Gasteiger partial charge is 0.248 e. The summed E-state index contributed by atoms with van der Waals surface area (Å²) in [5.41, 5.74) is 0.897. The van der Waals surface area contributed by atoms with Gasteiger partial charge >= 0.3 is 0 Å². The summed E-state index contributed by atoms with van der Waals surface area (Å²) in [6.07, 6.45) is 4.24. The van der Waals surface area contributed by atoms with E-state index >= 15 is 0 Å². The molecule has 0 atom stereocenters. The molecule has 0 bridgehead atoms. The van der Waals surface area contributed by atoms with Crippen LogP contribution in [0.1, 0.15) is 29.2 Å². The number of sulfonamides is 1. The molecule has 1 fully saturated rings. The fourth-order valence-corrected chi connectivity index (χ4v) is 6.33. The highest BCUT2D eigenvalue weighted by atomic mass is 32.2. The molecule has 2 aromatic heterocycles. The number of methoxy groups -OCH3 is 2. The van der Waals surface area contributed by atoms with Crippen LogP contribution in [0.15, 0.2) is 45.1 Å². The summed E-state index contributed by atoms with van der Waals surface area (Å²) in [5, 5.41) is 8.71. The topological polar surface area (TPSA) is 111 Å². The van der Waals surface area contributed by atoms with E-state index in [1.165, 1.54) is 22.8 Å². The molecule has 3 heterocycles. The number of ether oxygens (including phenoxy) is 2. The van der Waals surface area contributed by atoms with Crippen LogP contribution in [0, 0.1) is 12.8 Å². The highest BCUT2D eigenvalue weighted by Gasteiger charge is 2.36. The molecule has 0 radical (unpaired) electrons. The molecule has 0 saturated carbocycles. The Bertz CT molecular complexity index is 1310. The average molecular weight is 518 g/mol. The number of carbonyl (C=O) groups is 1. The Morgan fingerprint density at radius 2 is 1.91 bits per heavy atom. The van der Waals surface area contributed by atoms with Crippen molar-refractivity contribution in [2.45, 2.75) is 24.7 Å². The molecular weight excluding hydrogens is 490 g/mol. The second kappa shape index (κ2) is 10.6. The molecule has 11 heteroatoms. The van der Waals surface area contributed by atoms with E-state index in [2.05, 4.69) is 10.5 Å². The van der Waals surface area contributed by atoms with Gasteiger partial charge in [0.05, 0.1) is 14.2 Å². The first-order valence-electron chi connectivity index (χ1n) is 11.0. The van der Waals surface area contributed by atoms with Gasteiger partial charge in [-0.2, -0.15) is 4.31 Å². The highest BCUT2D eigenvalue weighted by Crippen LogP contribution is 2.32. The number of nitrogens with zero attached hydrogens (tertiary/aromatic N) is 2. The number of piperidine rings is 1. The lowest BCUT2D eigenvalue weighted by Crippen LogP contribution is -2.41. The van der Waals surface area contributed by atoms with Gasteiger partial charge in [-0.25, -0.2) is 8.42 Å². The van der Waals surface area contributed by atoms with Crippen LogP contribution in [-0.4, -0.2) is 51.1 Å². The molecule has 9 nitrogen and oxygen atoms in total. The van der Waals surface area contributed by atoms with Gasteiger partial charge in [-0.3, -0.25) is 4.79 Å². The zero-order valence-corrected chi connectivity index (χ0v) is 21.3. The van der Waals surface area contributed by atoms with Crippen molar-refractivity contribution in [3.63, 3.8) is 0 Å². The summed E-state index contributed by atoms with van der Waals surface area (Å²) in [6, 6.07) is 8.99. The third kappa shape index (κ3) is 5.42. The Balaban J connectivity index is 1.42. The fourth-order valence-electron chi connectivity index (χ4n) is 3.99. The SMILES string of the molecule is COc1ccc(NC(=O)C2CCN(S(=O)(=O)c3c(C)noc3C=Cc3cccs3)CC2)cc1OC. The predicted octanol–water partition coefficient (Wildman–Crippen LogP) is 4.27. The summed E-state index contributed by atoms with van der Waals surface area (Å²) in [4.78, 5) is 13.9. The van der Waals surface area contributed by atoms with Crippen LogP contribution in [-0.2, 0) is 14.8 Å². The van der Waals surface area contributed by atoms with E-state index in [1.807, 2.05) is 17.5 Å². The average Bonchev–Trinajstić information content (AvgIpc) is 3.52. The van der Waals surface area contributed by atoms with Crippen LogP contribution >= 0.6 is 11.3 Å². The van der Waals surface area contributed by atoms with Crippen molar-refractivity contribution in [2.24, 2.45) is 5.92 Å². The molecule has 1 aromatic carbocycles. The number of thiophene rings is 1. The third-order valence-electron chi connectivity index (χ3n) is 5.85. The number of amides is 1. The van der Waals surface area contributed by atoms with Crippen molar-refractivity contribution in [2.75, 3.05) is 32.6 Å². The second-order valence-corrected chi connectivity index (χ2v) is 10.9. The number of nitrogens with one attached hydrogen (secondary N) is 1. The zero-order chi connectivity index (χ0) is 25.0. The zero-order valence-electron chi connectivity index (χ0n) is 19.7. The van der Waals surface area contributed by atoms with Gasteiger partial charge in [0, 0.05) is 35.6 Å². The molecule has 0 spiro atoms. The number of aromatic nitrogens is 1. The number of rotatable bonds is 8. The van der Waals surface area contributed by atoms with Gasteiger partial charge in [0.25, 0.3) is 0 Å². The number of aryl methyl sites for hydroxylation is 1. The lowest BCUT2D eigenvalue weighted by atomic mass is 9.97. The molecule has 186 valence electrons. The second-order valence-electron chi connectivity index (χ2n) is 8.05. The Labute approximate surface area is 208 Å². The van der Waals surface area contributed by atoms with Crippen molar-refractivity contribution >= 4 is 45.1 Å². The lowest BCUT2D eigenvalue weighted by molar-refractivity contribution is -0.120. The Morgan fingerprint density at radius 3 is 2.57 bits per heavy atom. The number of anilines is 1. The van der Waals surface area contributed by atoms with Gasteiger partial charge in [0.15, 0.2) is 22.2 Å². The maximum Gasteiger partial charge on any atom is 0.248 e. The van der Waals surface area contributed by atoms with Crippen molar-refractivity contribution in [1.82, 2.24) is 9.46 Å². The van der Waals surface area contributed by atoms with E-state index in [4.69, 9.17) is 14.0 Å². The van der Waals surface area contributed by atoms with Crippen molar-refractivity contribution in [1.29, 1.82) is 0 Å². The maximum atomic E-state index is 13.4. The quantitative estimate of drug-likeness (QED) is 0.475. The molecule has 1 amide bonds. The standard InChI is InChI=1S/C24H27N3O6S2/c1-16-23(21(33-26-16)9-7-19-5-4-14-34-19)35(29,30)27-12-10-17(11-13-27)24(28)25-18-6-8-20(31-2)22(15-18)32-3/h4-9,14-15,17H,10-13H2,1-3H3,(H,25,28). The maximum absolute atomic E-state index is 13.4. The predicted molar refractivity (Wildman–Crippen MR) is 134 cm³/mol. The van der Waals surface area contributed by atoms with E-state index in [-0.39, 0.29) is 35.6 Å². The Kier molecular flexibility index (Phi) is 7.58. The third-order valence-corrected chi connectivity index (χ3v) is 8.74. The van der Waals surface area contributed by atoms with Crippen LogP contribution in [0.2, 0.25) is 0 Å². The van der Waals surface area contributed by atoms with Crippen molar-refractivity contribution in [3.8, 4) is 11.5 Å². The fraction of sp³-hybridized carbons (Fsp3) is 0.333. The molecule has 1 saturated heterocycles. The summed E-state index contributed by atoms with van der Waals surface area (Å²) >= 11 is 1.54. The summed E-state index contributed by atoms with van der Waals surface area (Å²) in [5.74, 6) is 0.812. The minimum Gasteiger partial charge on any atom is -0.493 e. The molecular formula is C24H27N3O6S2. The number of benzene rings is 1. The van der Waals surface area contributed by atoms with E-state index < -0.39 is 10.0 Å². The summed E-state index contributed by atoms with van der Waals surface area (Å²) in [6.45, 7) is 2.07. The molecule has 3 aromatic rings. The van der Waals surface area contributed by atoms with E-state index in [0.717, 1.165) is 4.88 Å². The van der Waals surface area contributed by atoms with Crippen LogP contribution in [0.3, 0.4) is 0 Å². The van der Waals surface area contributed by atoms with Crippen LogP contribution < -0.4 is 14.8 Å². The summed E-state index contributed by atoms with van der Waals surface area (Å²) in [7, 11) is -0.757. The van der Waals surface area contributed by atoms with Crippen molar-refractivity contribution in [3.05, 3.63) is 52.0 Å². The molecule has 4 rings (SSSR count). The molecule has 35 heavy (non-hydrogen) atoms. The van der Waals surface area contributed by atoms with Gasteiger partial charge in [-0.1, -0.05) is 11.2 Å². The van der Waals surface area contributed by atoms with E-state index in [1.54, 1.807) is 44.4 Å². The molecule has 1 N–H and O–H groups in total. The highest BCUT2D eigenvalue weighted by molar-refractivity contribution is 7.89.